The number of amides is 1. The minimum atomic E-state index is -0.377. The Hall–Kier alpha value is -3.16. The number of hydrogen-bond acceptors (Lipinski definition) is 5. The van der Waals surface area contributed by atoms with Gasteiger partial charge in [0.1, 0.15) is 6.33 Å². The molecule has 2 N–H and O–H groups in total. The highest BCUT2D eigenvalue weighted by Crippen LogP contribution is 2.37. The molecule has 1 aliphatic heterocycles. The quantitative estimate of drug-likeness (QED) is 0.730. The van der Waals surface area contributed by atoms with Crippen molar-refractivity contribution in [2.24, 2.45) is 13.0 Å². The van der Waals surface area contributed by atoms with E-state index in [-0.39, 0.29) is 23.9 Å². The summed E-state index contributed by atoms with van der Waals surface area (Å²) in [6, 6.07) is 5.62. The van der Waals surface area contributed by atoms with E-state index in [1.54, 1.807) is 9.36 Å². The van der Waals surface area contributed by atoms with Gasteiger partial charge in [-0.3, -0.25) is 9.48 Å². The summed E-state index contributed by atoms with van der Waals surface area (Å²) in [5.41, 5.74) is 4.89. The number of aryl methyl sites for hydroxylation is 4. The molecule has 0 saturated carbocycles. The lowest BCUT2D eigenvalue weighted by atomic mass is 9.85. The number of hydrogen-bond donors (Lipinski definition) is 2. The summed E-state index contributed by atoms with van der Waals surface area (Å²) < 4.78 is 3.56. The maximum atomic E-state index is 13.4. The van der Waals surface area contributed by atoms with Crippen LogP contribution in [-0.4, -0.2) is 36.5 Å². The highest BCUT2D eigenvalue weighted by Gasteiger charge is 2.42. The number of aromatic nitrogens is 5. The fourth-order valence-electron chi connectivity index (χ4n) is 4.05. The average molecular weight is 379 g/mol. The molecule has 1 aliphatic rings. The highest BCUT2D eigenvalue weighted by atomic mass is 16.2. The van der Waals surface area contributed by atoms with E-state index in [1.807, 2.05) is 53.1 Å². The van der Waals surface area contributed by atoms with Crippen LogP contribution >= 0.6 is 0 Å². The molecular formula is C20H25N7O. The van der Waals surface area contributed by atoms with Gasteiger partial charge in [0.05, 0.1) is 17.7 Å². The van der Waals surface area contributed by atoms with Gasteiger partial charge in [-0.25, -0.2) is 4.68 Å². The minimum absolute atomic E-state index is 0.0543. The van der Waals surface area contributed by atoms with E-state index in [9.17, 15) is 4.79 Å². The number of carbonyl (C=O) groups excluding carboxylic acids is 1. The van der Waals surface area contributed by atoms with E-state index in [1.165, 1.54) is 11.9 Å². The molecule has 0 aliphatic carbocycles. The lowest BCUT2D eigenvalue weighted by Crippen LogP contribution is -2.46. The lowest BCUT2D eigenvalue weighted by Gasteiger charge is -2.36. The van der Waals surface area contributed by atoms with Crippen LogP contribution in [0.15, 0.2) is 30.7 Å². The summed E-state index contributed by atoms with van der Waals surface area (Å²) in [5.74, 6) is 0.232. The molecule has 1 aromatic carbocycles. The number of anilines is 2. The Morgan fingerprint density at radius 3 is 2.71 bits per heavy atom. The predicted octanol–water partition coefficient (Wildman–Crippen LogP) is 2.60. The van der Waals surface area contributed by atoms with Crippen LogP contribution in [-0.2, 0) is 11.8 Å². The van der Waals surface area contributed by atoms with Gasteiger partial charge < -0.3 is 10.6 Å². The first-order valence-corrected chi connectivity index (χ1v) is 9.39. The highest BCUT2D eigenvalue weighted by molar-refractivity contribution is 5.94. The first-order chi connectivity index (χ1) is 13.3. The summed E-state index contributed by atoms with van der Waals surface area (Å²) >= 11 is 0. The zero-order valence-corrected chi connectivity index (χ0v) is 16.8. The molecule has 28 heavy (non-hydrogen) atoms. The number of carbonyl (C=O) groups is 1. The second kappa shape index (κ2) is 6.78. The molecule has 0 spiro atoms. The molecule has 3 atom stereocenters. The van der Waals surface area contributed by atoms with Crippen molar-refractivity contribution in [3.63, 3.8) is 0 Å². The van der Waals surface area contributed by atoms with Crippen molar-refractivity contribution in [1.82, 2.24) is 24.5 Å². The van der Waals surface area contributed by atoms with Gasteiger partial charge in [0.25, 0.3) is 0 Å². The van der Waals surface area contributed by atoms with Crippen LogP contribution in [0.25, 0.3) is 0 Å². The molecule has 0 saturated heterocycles. The molecular weight excluding hydrogens is 354 g/mol. The van der Waals surface area contributed by atoms with Gasteiger partial charge in [-0.2, -0.15) is 15.2 Å². The smallest absolute Gasteiger partial charge is 0.232 e. The molecule has 146 valence electrons. The molecule has 0 fully saturated rings. The number of fused-ring (bicyclic) bond motifs is 1. The predicted molar refractivity (Wildman–Crippen MR) is 107 cm³/mol. The maximum absolute atomic E-state index is 13.4. The van der Waals surface area contributed by atoms with Crippen molar-refractivity contribution in [1.29, 1.82) is 0 Å². The fraction of sp³-hybridized carbons (Fsp3) is 0.400. The number of nitrogens with one attached hydrogen (secondary N) is 2. The second-order valence-corrected chi connectivity index (χ2v) is 7.58. The van der Waals surface area contributed by atoms with Crippen molar-refractivity contribution in [2.45, 2.75) is 39.8 Å². The molecule has 0 radical (unpaired) electrons. The van der Waals surface area contributed by atoms with Gasteiger partial charge in [0, 0.05) is 30.5 Å². The molecule has 3 aromatic rings. The van der Waals surface area contributed by atoms with Crippen LogP contribution in [0.2, 0.25) is 0 Å². The Balaban J connectivity index is 1.74. The molecule has 8 heteroatoms. The van der Waals surface area contributed by atoms with Crippen LogP contribution in [0, 0.1) is 26.7 Å². The van der Waals surface area contributed by atoms with E-state index >= 15 is 0 Å². The Morgan fingerprint density at radius 1 is 1.25 bits per heavy atom. The first kappa shape index (κ1) is 18.2. The van der Waals surface area contributed by atoms with Crippen LogP contribution < -0.4 is 10.6 Å². The molecule has 0 bridgehead atoms. The van der Waals surface area contributed by atoms with Crippen molar-refractivity contribution < 1.29 is 4.79 Å². The van der Waals surface area contributed by atoms with Gasteiger partial charge in [0.15, 0.2) is 0 Å². The third kappa shape index (κ3) is 3.04. The second-order valence-electron chi connectivity index (χ2n) is 7.58. The molecule has 0 unspecified atom stereocenters. The zero-order chi connectivity index (χ0) is 20.0. The molecule has 4 rings (SSSR count). The zero-order valence-electron chi connectivity index (χ0n) is 16.8. The van der Waals surface area contributed by atoms with Crippen LogP contribution in [0.5, 0.6) is 0 Å². The molecule has 2 aromatic heterocycles. The third-order valence-electron chi connectivity index (χ3n) is 5.38. The van der Waals surface area contributed by atoms with Gasteiger partial charge in [-0.15, -0.1) is 0 Å². The van der Waals surface area contributed by atoms with Crippen molar-refractivity contribution >= 4 is 17.5 Å². The summed E-state index contributed by atoms with van der Waals surface area (Å²) in [4.78, 5) is 17.7. The average Bonchev–Trinajstić information content (AvgIpc) is 3.21. The Labute approximate surface area is 164 Å². The Kier molecular flexibility index (Phi) is 4.41. The lowest BCUT2D eigenvalue weighted by molar-refractivity contribution is -0.121. The van der Waals surface area contributed by atoms with Gasteiger partial charge >= 0.3 is 0 Å². The Morgan fingerprint density at radius 2 is 2.04 bits per heavy atom. The van der Waals surface area contributed by atoms with Crippen molar-refractivity contribution in [2.75, 3.05) is 10.6 Å². The van der Waals surface area contributed by atoms with E-state index < -0.39 is 0 Å². The van der Waals surface area contributed by atoms with E-state index in [0.29, 0.717) is 5.95 Å². The number of benzene rings is 1. The van der Waals surface area contributed by atoms with Gasteiger partial charge in [-0.05, 0) is 39.3 Å². The van der Waals surface area contributed by atoms with Crippen LogP contribution in [0.3, 0.4) is 0 Å². The van der Waals surface area contributed by atoms with Gasteiger partial charge in [-0.1, -0.05) is 17.7 Å². The standard InChI is InChI=1S/C20H25N7O/c1-11-6-7-16(12(2)8-11)24-19(28)17-14(4)23-20-21-10-22-27(20)18(17)15-9-26(5)25-13(15)3/h6-10,14,17-18H,1-5H3,(H,24,28)(H,21,22,23)/t14-,17+,18-/m0/s1. The Bertz CT molecular complexity index is 1040. The fourth-order valence-corrected chi connectivity index (χ4v) is 4.05. The SMILES string of the molecule is Cc1ccc(NC(=O)[C@@H]2[C@H](C)Nc3ncnn3[C@H]2c2cn(C)nc2C)c(C)c1. The topological polar surface area (TPSA) is 89.7 Å². The minimum Gasteiger partial charge on any atom is -0.351 e. The first-order valence-electron chi connectivity index (χ1n) is 9.39. The molecule has 8 nitrogen and oxygen atoms in total. The van der Waals surface area contributed by atoms with Crippen LogP contribution in [0.1, 0.15) is 35.3 Å². The summed E-state index contributed by atoms with van der Waals surface area (Å²) in [6.45, 7) is 8.00. The summed E-state index contributed by atoms with van der Waals surface area (Å²) in [5, 5.41) is 15.3. The van der Waals surface area contributed by atoms with Crippen molar-refractivity contribution in [3.8, 4) is 0 Å². The van der Waals surface area contributed by atoms with E-state index in [0.717, 1.165) is 22.5 Å². The number of nitrogens with zero attached hydrogens (tertiary/aromatic N) is 5. The van der Waals surface area contributed by atoms with Crippen molar-refractivity contribution in [3.05, 3.63) is 53.1 Å². The monoisotopic (exact) mass is 379 g/mol. The summed E-state index contributed by atoms with van der Waals surface area (Å²) in [6.07, 6.45) is 3.47. The largest absolute Gasteiger partial charge is 0.351 e. The van der Waals surface area contributed by atoms with Crippen LogP contribution in [0.4, 0.5) is 11.6 Å². The number of rotatable bonds is 3. The third-order valence-corrected chi connectivity index (χ3v) is 5.38. The molecule has 1 amide bonds. The van der Waals surface area contributed by atoms with E-state index in [4.69, 9.17) is 0 Å². The van der Waals surface area contributed by atoms with Gasteiger partial charge in [0.2, 0.25) is 11.9 Å². The molecule has 3 heterocycles. The summed E-state index contributed by atoms with van der Waals surface area (Å²) in [7, 11) is 1.88. The normalized spacial score (nSPS) is 21.1. The maximum Gasteiger partial charge on any atom is 0.232 e. The van der Waals surface area contributed by atoms with E-state index in [2.05, 4.69) is 31.9 Å².